The Balaban J connectivity index is 1.95. The van der Waals surface area contributed by atoms with Crippen LogP contribution in [0.15, 0.2) is 33.4 Å². The number of halogens is 1. The predicted molar refractivity (Wildman–Crippen MR) is 70.8 cm³/mol. The van der Waals surface area contributed by atoms with Crippen molar-refractivity contribution in [3.05, 3.63) is 46.1 Å². The van der Waals surface area contributed by atoms with Gasteiger partial charge in [-0.25, -0.2) is 4.98 Å². The highest BCUT2D eigenvalue weighted by molar-refractivity contribution is 9.10. The second-order valence-corrected chi connectivity index (χ2v) is 5.15. The van der Waals surface area contributed by atoms with Crippen molar-refractivity contribution in [1.29, 1.82) is 0 Å². The Morgan fingerprint density at radius 2 is 2.33 bits per heavy atom. The first-order valence-corrected chi connectivity index (χ1v) is 6.47. The van der Waals surface area contributed by atoms with E-state index in [2.05, 4.69) is 27.0 Å². The molecule has 4 nitrogen and oxygen atoms in total. The van der Waals surface area contributed by atoms with Gasteiger partial charge in [0.1, 0.15) is 6.26 Å². The molecule has 2 aromatic rings. The number of benzene rings is 1. The molecule has 0 atom stereocenters. The molecular formula is C13H11BrN2O2. The molecule has 2 heterocycles. The molecule has 0 radical (unpaired) electrons. The molecule has 0 fully saturated rings. The van der Waals surface area contributed by atoms with Crippen LogP contribution in [0.3, 0.4) is 0 Å². The van der Waals surface area contributed by atoms with Crippen molar-refractivity contribution in [2.24, 2.45) is 0 Å². The Kier molecular flexibility index (Phi) is 2.70. The monoisotopic (exact) mass is 306 g/mol. The molecule has 0 unspecified atom stereocenters. The van der Waals surface area contributed by atoms with Crippen molar-refractivity contribution < 1.29 is 9.21 Å². The van der Waals surface area contributed by atoms with Gasteiger partial charge < -0.3 is 9.32 Å². The third kappa shape index (κ3) is 1.84. The SMILES string of the molecule is Cc1nc(C(=O)N2CCc3cc(Br)ccc32)co1. The van der Waals surface area contributed by atoms with Gasteiger partial charge in [0.25, 0.3) is 5.91 Å². The number of fused-ring (bicyclic) bond motifs is 1. The van der Waals surface area contributed by atoms with Gasteiger partial charge in [0.05, 0.1) is 0 Å². The number of anilines is 1. The number of aromatic nitrogens is 1. The second-order valence-electron chi connectivity index (χ2n) is 4.23. The molecule has 0 bridgehead atoms. The Morgan fingerprint density at radius 1 is 1.50 bits per heavy atom. The Hall–Kier alpha value is -1.62. The molecule has 1 aliphatic rings. The van der Waals surface area contributed by atoms with Crippen LogP contribution in [0.5, 0.6) is 0 Å². The maximum atomic E-state index is 12.3. The molecule has 0 spiro atoms. The van der Waals surface area contributed by atoms with Crippen LogP contribution in [0.1, 0.15) is 21.9 Å². The summed E-state index contributed by atoms with van der Waals surface area (Å²) in [6, 6.07) is 5.95. The summed E-state index contributed by atoms with van der Waals surface area (Å²) in [7, 11) is 0. The number of carbonyl (C=O) groups is 1. The van der Waals surface area contributed by atoms with Crippen LogP contribution >= 0.6 is 15.9 Å². The first kappa shape index (κ1) is 11.5. The zero-order valence-corrected chi connectivity index (χ0v) is 11.4. The number of nitrogens with zero attached hydrogens (tertiary/aromatic N) is 2. The van der Waals surface area contributed by atoms with E-state index in [0.29, 0.717) is 18.1 Å². The van der Waals surface area contributed by atoms with Crippen LogP contribution in [-0.2, 0) is 6.42 Å². The number of oxazole rings is 1. The molecule has 0 saturated carbocycles. The van der Waals surface area contributed by atoms with E-state index < -0.39 is 0 Å². The van der Waals surface area contributed by atoms with Crippen LogP contribution in [0.25, 0.3) is 0 Å². The summed E-state index contributed by atoms with van der Waals surface area (Å²) in [6.07, 6.45) is 2.28. The molecule has 1 aromatic carbocycles. The largest absolute Gasteiger partial charge is 0.448 e. The number of aryl methyl sites for hydroxylation is 1. The van der Waals surface area contributed by atoms with E-state index in [0.717, 1.165) is 16.6 Å². The number of hydrogen-bond donors (Lipinski definition) is 0. The minimum Gasteiger partial charge on any atom is -0.448 e. The highest BCUT2D eigenvalue weighted by Crippen LogP contribution is 2.31. The highest BCUT2D eigenvalue weighted by Gasteiger charge is 2.27. The molecule has 1 amide bonds. The van der Waals surface area contributed by atoms with Gasteiger partial charge in [-0.1, -0.05) is 15.9 Å². The second kappa shape index (κ2) is 4.24. The third-order valence-corrected chi connectivity index (χ3v) is 3.51. The summed E-state index contributed by atoms with van der Waals surface area (Å²) in [6.45, 7) is 2.42. The van der Waals surface area contributed by atoms with Crippen LogP contribution < -0.4 is 4.90 Å². The first-order chi connectivity index (χ1) is 8.65. The topological polar surface area (TPSA) is 46.3 Å². The maximum Gasteiger partial charge on any atom is 0.280 e. The van der Waals surface area contributed by atoms with Gasteiger partial charge in [0.2, 0.25) is 0 Å². The number of amides is 1. The van der Waals surface area contributed by atoms with E-state index >= 15 is 0 Å². The average molecular weight is 307 g/mol. The molecule has 1 aliphatic heterocycles. The maximum absolute atomic E-state index is 12.3. The summed E-state index contributed by atoms with van der Waals surface area (Å²) in [4.78, 5) is 18.1. The Bertz CT molecular complexity index is 621. The molecule has 0 saturated heterocycles. The molecule has 3 rings (SSSR count). The van der Waals surface area contributed by atoms with Crippen molar-refractivity contribution in [2.75, 3.05) is 11.4 Å². The summed E-state index contributed by atoms with van der Waals surface area (Å²) in [5.41, 5.74) is 2.50. The van der Waals surface area contributed by atoms with Crippen molar-refractivity contribution >= 4 is 27.5 Å². The summed E-state index contributed by atoms with van der Waals surface area (Å²) < 4.78 is 6.12. The molecule has 92 valence electrons. The van der Waals surface area contributed by atoms with Gasteiger partial charge in [-0.3, -0.25) is 4.79 Å². The molecule has 0 N–H and O–H groups in total. The van der Waals surface area contributed by atoms with Gasteiger partial charge in [0.15, 0.2) is 11.6 Å². The van der Waals surface area contributed by atoms with Gasteiger partial charge in [-0.05, 0) is 30.2 Å². The van der Waals surface area contributed by atoms with E-state index in [4.69, 9.17) is 4.42 Å². The van der Waals surface area contributed by atoms with E-state index in [9.17, 15) is 4.79 Å². The fourth-order valence-corrected chi connectivity index (χ4v) is 2.59. The van der Waals surface area contributed by atoms with Crippen molar-refractivity contribution in [1.82, 2.24) is 4.98 Å². The van der Waals surface area contributed by atoms with Gasteiger partial charge >= 0.3 is 0 Å². The van der Waals surface area contributed by atoms with E-state index in [1.807, 2.05) is 12.1 Å². The number of rotatable bonds is 1. The van der Waals surface area contributed by atoms with E-state index in [1.54, 1.807) is 11.8 Å². The molecule has 18 heavy (non-hydrogen) atoms. The van der Waals surface area contributed by atoms with Crippen molar-refractivity contribution in [3.63, 3.8) is 0 Å². The van der Waals surface area contributed by atoms with Gasteiger partial charge in [-0.15, -0.1) is 0 Å². The lowest BCUT2D eigenvalue weighted by molar-refractivity contribution is 0.0984. The van der Waals surface area contributed by atoms with Crippen LogP contribution in [0, 0.1) is 6.92 Å². The predicted octanol–water partition coefficient (Wildman–Crippen LogP) is 2.95. The number of hydrogen-bond acceptors (Lipinski definition) is 3. The van der Waals surface area contributed by atoms with Gasteiger partial charge in [0, 0.05) is 23.6 Å². The lowest BCUT2D eigenvalue weighted by Crippen LogP contribution is -2.29. The normalized spacial score (nSPS) is 13.8. The minimum atomic E-state index is -0.104. The third-order valence-electron chi connectivity index (χ3n) is 3.02. The van der Waals surface area contributed by atoms with Crippen molar-refractivity contribution in [2.45, 2.75) is 13.3 Å². The average Bonchev–Trinajstić information content (AvgIpc) is 2.94. The minimum absolute atomic E-state index is 0.104. The fourth-order valence-electron chi connectivity index (χ4n) is 2.18. The van der Waals surface area contributed by atoms with Crippen molar-refractivity contribution in [3.8, 4) is 0 Å². The van der Waals surface area contributed by atoms with E-state index in [1.165, 1.54) is 11.8 Å². The van der Waals surface area contributed by atoms with Crippen LogP contribution in [0.2, 0.25) is 0 Å². The zero-order chi connectivity index (χ0) is 12.7. The van der Waals surface area contributed by atoms with Gasteiger partial charge in [-0.2, -0.15) is 0 Å². The highest BCUT2D eigenvalue weighted by atomic mass is 79.9. The lowest BCUT2D eigenvalue weighted by atomic mass is 10.2. The quantitative estimate of drug-likeness (QED) is 0.814. The molecule has 1 aromatic heterocycles. The first-order valence-electron chi connectivity index (χ1n) is 5.67. The summed E-state index contributed by atoms with van der Waals surface area (Å²) in [5.74, 6) is 0.404. The summed E-state index contributed by atoms with van der Waals surface area (Å²) >= 11 is 3.44. The number of carbonyl (C=O) groups excluding carboxylic acids is 1. The molecular weight excluding hydrogens is 296 g/mol. The Labute approximate surface area is 113 Å². The molecule has 0 aliphatic carbocycles. The molecule has 5 heteroatoms. The van der Waals surface area contributed by atoms with Crippen LogP contribution in [-0.4, -0.2) is 17.4 Å². The fraction of sp³-hybridized carbons (Fsp3) is 0.231. The smallest absolute Gasteiger partial charge is 0.280 e. The Morgan fingerprint density at radius 3 is 3.06 bits per heavy atom. The zero-order valence-electron chi connectivity index (χ0n) is 9.81. The standard InChI is InChI=1S/C13H11BrN2O2/c1-8-15-11(7-18-8)13(17)16-5-4-9-6-10(14)2-3-12(9)16/h2-3,6-7H,4-5H2,1H3. The van der Waals surface area contributed by atoms with E-state index in [-0.39, 0.29) is 5.91 Å². The summed E-state index contributed by atoms with van der Waals surface area (Å²) in [5, 5.41) is 0. The van der Waals surface area contributed by atoms with Crippen LogP contribution in [0.4, 0.5) is 5.69 Å². The lowest BCUT2D eigenvalue weighted by Gasteiger charge is -2.15.